The maximum Gasteiger partial charge on any atom is 0.411 e. The van der Waals surface area contributed by atoms with Crippen molar-refractivity contribution >= 4 is 22.4 Å². The maximum absolute atomic E-state index is 12.0. The molecule has 0 radical (unpaired) electrons. The van der Waals surface area contributed by atoms with E-state index in [4.69, 9.17) is 0 Å². The SMILES string of the molecule is C[C@H](OCC(F)(F)F)C(=O)Nc1nc(-c2cccn2C)cs1. The van der Waals surface area contributed by atoms with Gasteiger partial charge in [-0.15, -0.1) is 11.3 Å². The first-order valence-electron chi connectivity index (χ1n) is 6.33. The average Bonchev–Trinajstić information content (AvgIpc) is 3.03. The second kappa shape index (κ2) is 6.49. The predicted molar refractivity (Wildman–Crippen MR) is 76.6 cm³/mol. The normalized spacial score (nSPS) is 13.1. The summed E-state index contributed by atoms with van der Waals surface area (Å²) in [5.74, 6) is -0.669. The molecule has 0 saturated carbocycles. The molecule has 0 fully saturated rings. The van der Waals surface area contributed by atoms with E-state index in [1.807, 2.05) is 29.9 Å². The minimum Gasteiger partial charge on any atom is -0.359 e. The summed E-state index contributed by atoms with van der Waals surface area (Å²) in [7, 11) is 1.86. The van der Waals surface area contributed by atoms with Crippen molar-refractivity contribution in [2.45, 2.75) is 19.2 Å². The highest BCUT2D eigenvalue weighted by Crippen LogP contribution is 2.25. The lowest BCUT2D eigenvalue weighted by Gasteiger charge is -2.13. The van der Waals surface area contributed by atoms with Gasteiger partial charge in [0.15, 0.2) is 5.13 Å². The number of aryl methyl sites for hydroxylation is 1. The molecule has 0 aliphatic heterocycles. The Balaban J connectivity index is 1.95. The minimum atomic E-state index is -4.46. The summed E-state index contributed by atoms with van der Waals surface area (Å²) in [6.45, 7) is -0.207. The molecule has 0 spiro atoms. The molecule has 120 valence electrons. The molecule has 22 heavy (non-hydrogen) atoms. The van der Waals surface area contributed by atoms with Gasteiger partial charge in [-0.1, -0.05) is 0 Å². The van der Waals surface area contributed by atoms with E-state index in [1.165, 1.54) is 18.3 Å². The molecule has 1 amide bonds. The van der Waals surface area contributed by atoms with Gasteiger partial charge in [-0.3, -0.25) is 10.1 Å². The number of hydrogen-bond acceptors (Lipinski definition) is 4. The van der Waals surface area contributed by atoms with Gasteiger partial charge in [-0.25, -0.2) is 4.98 Å². The Hall–Kier alpha value is -1.87. The van der Waals surface area contributed by atoms with E-state index >= 15 is 0 Å². The van der Waals surface area contributed by atoms with Gasteiger partial charge < -0.3 is 9.30 Å². The van der Waals surface area contributed by atoms with Crippen molar-refractivity contribution in [3.8, 4) is 11.4 Å². The molecule has 0 unspecified atom stereocenters. The fraction of sp³-hybridized carbons (Fsp3) is 0.385. The van der Waals surface area contributed by atoms with Crippen LogP contribution in [0.1, 0.15) is 6.92 Å². The van der Waals surface area contributed by atoms with Crippen LogP contribution < -0.4 is 5.32 Å². The standard InChI is InChI=1S/C13H14F3N3O2S/c1-8(21-7-13(14,15)16)11(20)18-12-17-9(6-22-12)10-4-3-5-19(10)2/h3-6,8H,7H2,1-2H3,(H,17,18,20)/t8-/m0/s1. The number of alkyl halides is 3. The molecule has 9 heteroatoms. The maximum atomic E-state index is 12.0. The van der Waals surface area contributed by atoms with Crippen LogP contribution in [0.5, 0.6) is 0 Å². The first-order chi connectivity index (χ1) is 10.3. The van der Waals surface area contributed by atoms with Gasteiger partial charge in [-0.05, 0) is 19.1 Å². The number of carbonyl (C=O) groups excluding carboxylic acids is 1. The van der Waals surface area contributed by atoms with Crippen LogP contribution in [-0.2, 0) is 16.6 Å². The lowest BCUT2D eigenvalue weighted by molar-refractivity contribution is -0.184. The summed E-state index contributed by atoms with van der Waals surface area (Å²) in [6, 6.07) is 3.73. The number of thiazole rings is 1. The zero-order valence-corrected chi connectivity index (χ0v) is 12.7. The molecule has 1 N–H and O–H groups in total. The van der Waals surface area contributed by atoms with Crippen LogP contribution in [0.4, 0.5) is 18.3 Å². The number of amides is 1. The van der Waals surface area contributed by atoms with Crippen molar-refractivity contribution in [2.24, 2.45) is 7.05 Å². The van der Waals surface area contributed by atoms with Gasteiger partial charge in [0, 0.05) is 18.6 Å². The Morgan fingerprint density at radius 3 is 2.86 bits per heavy atom. The lowest BCUT2D eigenvalue weighted by Crippen LogP contribution is -2.31. The zero-order chi connectivity index (χ0) is 16.3. The van der Waals surface area contributed by atoms with Crippen molar-refractivity contribution in [1.29, 1.82) is 0 Å². The van der Waals surface area contributed by atoms with E-state index in [1.54, 1.807) is 5.38 Å². The fourth-order valence-corrected chi connectivity index (χ4v) is 2.39. The topological polar surface area (TPSA) is 56.1 Å². The summed E-state index contributed by atoms with van der Waals surface area (Å²) < 4.78 is 42.5. The van der Waals surface area contributed by atoms with Crippen LogP contribution in [0.25, 0.3) is 11.4 Å². The molecule has 2 rings (SSSR count). The number of aromatic nitrogens is 2. The second-order valence-electron chi connectivity index (χ2n) is 4.60. The van der Waals surface area contributed by atoms with E-state index in [2.05, 4.69) is 15.0 Å². The molecule has 2 heterocycles. The number of ether oxygens (including phenoxy) is 1. The molecule has 0 aromatic carbocycles. The molecule has 5 nitrogen and oxygen atoms in total. The number of nitrogens with zero attached hydrogens (tertiary/aromatic N) is 2. The van der Waals surface area contributed by atoms with Gasteiger partial charge in [0.05, 0.1) is 11.4 Å². The number of carbonyl (C=O) groups is 1. The molecule has 0 saturated heterocycles. The van der Waals surface area contributed by atoms with Gasteiger partial charge in [0.2, 0.25) is 0 Å². The third kappa shape index (κ3) is 4.31. The average molecular weight is 333 g/mol. The first kappa shape index (κ1) is 16.5. The third-order valence-corrected chi connectivity index (χ3v) is 3.56. The second-order valence-corrected chi connectivity index (χ2v) is 5.46. The molecular weight excluding hydrogens is 319 g/mol. The van der Waals surface area contributed by atoms with Crippen LogP contribution in [0, 0.1) is 0 Å². The van der Waals surface area contributed by atoms with E-state index in [9.17, 15) is 18.0 Å². The van der Waals surface area contributed by atoms with Crippen LogP contribution in [0.15, 0.2) is 23.7 Å². The Morgan fingerprint density at radius 2 is 2.27 bits per heavy atom. The molecule has 0 aliphatic rings. The summed E-state index contributed by atoms with van der Waals surface area (Å²) in [4.78, 5) is 16.0. The number of hydrogen-bond donors (Lipinski definition) is 1. The monoisotopic (exact) mass is 333 g/mol. The highest BCUT2D eigenvalue weighted by atomic mass is 32.1. The van der Waals surface area contributed by atoms with Gasteiger partial charge in [0.1, 0.15) is 12.7 Å². The van der Waals surface area contributed by atoms with Crippen molar-refractivity contribution in [3.63, 3.8) is 0 Å². The molecular formula is C13H14F3N3O2S. The van der Waals surface area contributed by atoms with Crippen molar-refractivity contribution in [1.82, 2.24) is 9.55 Å². The Morgan fingerprint density at radius 1 is 1.55 bits per heavy atom. The van der Waals surface area contributed by atoms with Crippen molar-refractivity contribution in [2.75, 3.05) is 11.9 Å². The minimum absolute atomic E-state index is 0.309. The first-order valence-corrected chi connectivity index (χ1v) is 7.20. The van der Waals surface area contributed by atoms with E-state index in [0.29, 0.717) is 10.8 Å². The number of nitrogens with one attached hydrogen (secondary N) is 1. The fourth-order valence-electron chi connectivity index (χ4n) is 1.68. The third-order valence-electron chi connectivity index (χ3n) is 2.81. The molecule has 2 aromatic rings. The summed E-state index contributed by atoms with van der Waals surface area (Å²) >= 11 is 1.19. The number of halogens is 3. The largest absolute Gasteiger partial charge is 0.411 e. The van der Waals surface area contributed by atoms with Crippen LogP contribution in [0.3, 0.4) is 0 Å². The van der Waals surface area contributed by atoms with Crippen molar-refractivity contribution < 1.29 is 22.7 Å². The molecule has 1 atom stereocenters. The Labute approximate surface area is 128 Å². The summed E-state index contributed by atoms with van der Waals surface area (Å²) in [5, 5.41) is 4.51. The molecule has 0 bridgehead atoms. The summed E-state index contributed by atoms with van der Waals surface area (Å²) in [5.41, 5.74) is 1.55. The van der Waals surface area contributed by atoms with Crippen LogP contribution >= 0.6 is 11.3 Å². The number of anilines is 1. The number of rotatable bonds is 5. The quantitative estimate of drug-likeness (QED) is 0.915. The van der Waals surface area contributed by atoms with Crippen molar-refractivity contribution in [3.05, 3.63) is 23.7 Å². The Kier molecular flexibility index (Phi) is 4.87. The van der Waals surface area contributed by atoms with Gasteiger partial charge in [-0.2, -0.15) is 13.2 Å². The predicted octanol–water partition coefficient (Wildman–Crippen LogP) is 3.05. The summed E-state index contributed by atoms with van der Waals surface area (Å²) in [6.07, 6.45) is -3.82. The van der Waals surface area contributed by atoms with E-state index in [-0.39, 0.29) is 0 Å². The molecule has 2 aromatic heterocycles. The highest BCUT2D eigenvalue weighted by Gasteiger charge is 2.30. The van der Waals surface area contributed by atoms with E-state index < -0.39 is 24.8 Å². The Bertz CT molecular complexity index is 651. The lowest BCUT2D eigenvalue weighted by atomic mass is 10.3. The van der Waals surface area contributed by atoms with Crippen LogP contribution in [-0.4, -0.2) is 34.3 Å². The smallest absolute Gasteiger partial charge is 0.359 e. The highest BCUT2D eigenvalue weighted by molar-refractivity contribution is 7.14. The van der Waals surface area contributed by atoms with Gasteiger partial charge >= 0.3 is 6.18 Å². The van der Waals surface area contributed by atoms with Gasteiger partial charge in [0.25, 0.3) is 5.91 Å². The van der Waals surface area contributed by atoms with E-state index in [0.717, 1.165) is 5.69 Å². The molecule has 0 aliphatic carbocycles. The van der Waals surface area contributed by atoms with Crippen LogP contribution in [0.2, 0.25) is 0 Å². The zero-order valence-electron chi connectivity index (χ0n) is 11.8.